The van der Waals surface area contributed by atoms with Crippen LogP contribution in [0.25, 0.3) is 0 Å². The summed E-state index contributed by atoms with van der Waals surface area (Å²) in [5, 5.41) is 6.33. The van der Waals surface area contributed by atoms with E-state index in [1.54, 1.807) is 36.4 Å². The number of thioether (sulfide) groups is 1. The van der Waals surface area contributed by atoms with Crippen molar-refractivity contribution in [2.45, 2.75) is 17.6 Å². The second-order valence-corrected chi connectivity index (χ2v) is 6.19. The molecular weight excluding hydrogens is 342 g/mol. The number of amides is 1. The lowest BCUT2D eigenvalue weighted by Gasteiger charge is -2.11. The Morgan fingerprint density at radius 1 is 1.22 bits per heavy atom. The maximum Gasteiger partial charge on any atom is 0.288 e. The molecular formula is C16H15ClF2N2OS. The Morgan fingerprint density at radius 2 is 1.91 bits per heavy atom. The van der Waals surface area contributed by atoms with Crippen LogP contribution in [0.3, 0.4) is 0 Å². The van der Waals surface area contributed by atoms with Crippen LogP contribution >= 0.6 is 23.4 Å². The van der Waals surface area contributed by atoms with Crippen molar-refractivity contribution < 1.29 is 13.6 Å². The van der Waals surface area contributed by atoms with Gasteiger partial charge in [-0.05, 0) is 48.9 Å². The van der Waals surface area contributed by atoms with Gasteiger partial charge >= 0.3 is 0 Å². The first-order valence-electron chi connectivity index (χ1n) is 6.79. The van der Waals surface area contributed by atoms with Crippen molar-refractivity contribution >= 4 is 40.6 Å². The van der Waals surface area contributed by atoms with Gasteiger partial charge in [0.05, 0.1) is 6.54 Å². The average molecular weight is 357 g/mol. The molecule has 0 aliphatic rings. The summed E-state index contributed by atoms with van der Waals surface area (Å²) >= 11 is 6.48. The smallest absolute Gasteiger partial charge is 0.288 e. The molecule has 0 aromatic heterocycles. The highest BCUT2D eigenvalue weighted by atomic mass is 35.5. The molecule has 2 aromatic carbocycles. The molecule has 0 spiro atoms. The fraction of sp³-hybridized carbons (Fsp3) is 0.188. The third-order valence-electron chi connectivity index (χ3n) is 3.07. The number of hydrogen-bond donors (Lipinski definition) is 2. The van der Waals surface area contributed by atoms with Gasteiger partial charge in [-0.15, -0.1) is 0 Å². The fourth-order valence-corrected chi connectivity index (χ4v) is 2.57. The molecule has 7 heteroatoms. The number of rotatable bonds is 6. The first kappa shape index (κ1) is 17.6. The normalized spacial score (nSPS) is 10.7. The van der Waals surface area contributed by atoms with Gasteiger partial charge in [0.1, 0.15) is 0 Å². The van der Waals surface area contributed by atoms with Gasteiger partial charge in [-0.25, -0.2) is 0 Å². The molecule has 2 rings (SSSR count). The van der Waals surface area contributed by atoms with E-state index in [9.17, 15) is 13.6 Å². The van der Waals surface area contributed by atoms with Crippen LogP contribution in [0.4, 0.5) is 20.2 Å². The van der Waals surface area contributed by atoms with Crippen LogP contribution in [0, 0.1) is 6.92 Å². The van der Waals surface area contributed by atoms with Gasteiger partial charge in [0.25, 0.3) is 5.76 Å². The number of carbonyl (C=O) groups is 1. The summed E-state index contributed by atoms with van der Waals surface area (Å²) in [5.41, 5.74) is 2.21. The zero-order valence-electron chi connectivity index (χ0n) is 12.3. The van der Waals surface area contributed by atoms with E-state index in [0.717, 1.165) is 11.3 Å². The minimum atomic E-state index is -2.46. The predicted molar refractivity (Wildman–Crippen MR) is 91.6 cm³/mol. The summed E-state index contributed by atoms with van der Waals surface area (Å²) in [5.74, 6) is -2.70. The number of anilines is 2. The molecule has 0 bridgehead atoms. The Balaban J connectivity index is 1.88. The minimum Gasteiger partial charge on any atom is -0.376 e. The monoisotopic (exact) mass is 356 g/mol. The van der Waals surface area contributed by atoms with E-state index in [1.807, 2.05) is 13.0 Å². The van der Waals surface area contributed by atoms with E-state index < -0.39 is 5.76 Å². The maximum absolute atomic E-state index is 12.2. The maximum atomic E-state index is 12.2. The van der Waals surface area contributed by atoms with E-state index in [0.29, 0.717) is 27.4 Å². The van der Waals surface area contributed by atoms with E-state index in [1.165, 1.54) is 0 Å². The summed E-state index contributed by atoms with van der Waals surface area (Å²) in [4.78, 5) is 12.4. The molecule has 0 saturated carbocycles. The Labute approximate surface area is 142 Å². The van der Waals surface area contributed by atoms with Gasteiger partial charge in [0.2, 0.25) is 5.91 Å². The van der Waals surface area contributed by atoms with Crippen LogP contribution in [-0.4, -0.2) is 18.2 Å². The third kappa shape index (κ3) is 5.41. The Bertz CT molecular complexity index is 680. The van der Waals surface area contributed by atoms with E-state index in [-0.39, 0.29) is 12.5 Å². The highest BCUT2D eigenvalue weighted by Crippen LogP contribution is 2.26. The summed E-state index contributed by atoms with van der Waals surface area (Å²) < 4.78 is 24.5. The van der Waals surface area contributed by atoms with Gasteiger partial charge in [0, 0.05) is 21.3 Å². The Hall–Kier alpha value is -1.79. The second kappa shape index (κ2) is 8.17. The number of halogens is 3. The molecule has 2 aromatic rings. The molecule has 3 nitrogen and oxygen atoms in total. The topological polar surface area (TPSA) is 41.1 Å². The average Bonchev–Trinajstić information content (AvgIpc) is 2.50. The summed E-state index contributed by atoms with van der Waals surface area (Å²) in [6, 6.07) is 11.7. The van der Waals surface area contributed by atoms with Crippen molar-refractivity contribution in [2.24, 2.45) is 0 Å². The molecule has 23 heavy (non-hydrogen) atoms. The van der Waals surface area contributed by atoms with Crippen LogP contribution in [0.15, 0.2) is 47.4 Å². The van der Waals surface area contributed by atoms with Gasteiger partial charge in [-0.2, -0.15) is 8.78 Å². The largest absolute Gasteiger partial charge is 0.376 e. The molecule has 0 radical (unpaired) electrons. The van der Waals surface area contributed by atoms with Crippen molar-refractivity contribution in [3.63, 3.8) is 0 Å². The number of hydrogen-bond acceptors (Lipinski definition) is 3. The summed E-state index contributed by atoms with van der Waals surface area (Å²) in [7, 11) is 0. The van der Waals surface area contributed by atoms with E-state index >= 15 is 0 Å². The zero-order valence-corrected chi connectivity index (χ0v) is 13.8. The minimum absolute atomic E-state index is 0.0781. The number of nitrogens with one attached hydrogen (secondary N) is 2. The first-order valence-corrected chi connectivity index (χ1v) is 8.05. The molecule has 0 fully saturated rings. The molecule has 0 saturated heterocycles. The van der Waals surface area contributed by atoms with Crippen LogP contribution in [0.2, 0.25) is 5.02 Å². The fourth-order valence-electron chi connectivity index (χ4n) is 1.90. The first-order chi connectivity index (χ1) is 11.0. The molecule has 0 heterocycles. The predicted octanol–water partition coefficient (Wildman–Crippen LogP) is 5.01. The molecule has 0 unspecified atom stereocenters. The lowest BCUT2D eigenvalue weighted by atomic mass is 10.2. The molecule has 122 valence electrons. The van der Waals surface area contributed by atoms with E-state index in [2.05, 4.69) is 10.6 Å². The Kier molecular flexibility index (Phi) is 6.24. The lowest BCUT2D eigenvalue weighted by molar-refractivity contribution is -0.114. The third-order valence-corrected chi connectivity index (χ3v) is 4.20. The number of alkyl halides is 2. The standard InChI is InChI=1S/C16H15ClF2N2OS/c1-10-13(17)3-2-4-14(10)20-9-15(22)21-11-5-7-12(8-6-11)23-16(18)19/h2-8,16,20H,9H2,1H3,(H,21,22). The molecule has 1 amide bonds. The van der Waals surface area contributed by atoms with Gasteiger partial charge < -0.3 is 10.6 Å². The molecule has 0 aliphatic carbocycles. The zero-order chi connectivity index (χ0) is 16.8. The van der Waals surface area contributed by atoms with Crippen molar-refractivity contribution in [2.75, 3.05) is 17.2 Å². The molecule has 0 atom stereocenters. The van der Waals surface area contributed by atoms with Crippen molar-refractivity contribution in [1.29, 1.82) is 0 Å². The SMILES string of the molecule is Cc1c(Cl)cccc1NCC(=O)Nc1ccc(SC(F)F)cc1. The highest BCUT2D eigenvalue weighted by Gasteiger charge is 2.07. The van der Waals surface area contributed by atoms with Crippen molar-refractivity contribution in [1.82, 2.24) is 0 Å². The second-order valence-electron chi connectivity index (χ2n) is 4.72. The lowest BCUT2D eigenvalue weighted by Crippen LogP contribution is -2.22. The van der Waals surface area contributed by atoms with Gasteiger partial charge in [-0.1, -0.05) is 29.4 Å². The quantitative estimate of drug-likeness (QED) is 0.714. The number of carbonyl (C=O) groups excluding carboxylic acids is 1. The highest BCUT2D eigenvalue weighted by molar-refractivity contribution is 7.99. The van der Waals surface area contributed by atoms with Gasteiger partial charge in [0.15, 0.2) is 0 Å². The summed E-state index contributed by atoms with van der Waals surface area (Å²) in [6.45, 7) is 1.94. The number of benzene rings is 2. The van der Waals surface area contributed by atoms with Crippen molar-refractivity contribution in [3.8, 4) is 0 Å². The van der Waals surface area contributed by atoms with Gasteiger partial charge in [-0.3, -0.25) is 4.79 Å². The van der Waals surface area contributed by atoms with Crippen LogP contribution in [0.1, 0.15) is 5.56 Å². The summed E-state index contributed by atoms with van der Waals surface area (Å²) in [6.07, 6.45) is 0. The Morgan fingerprint density at radius 3 is 2.57 bits per heavy atom. The van der Waals surface area contributed by atoms with E-state index in [4.69, 9.17) is 11.6 Å². The van der Waals surface area contributed by atoms with Crippen molar-refractivity contribution in [3.05, 3.63) is 53.1 Å². The molecule has 0 aliphatic heterocycles. The van der Waals surface area contributed by atoms with Crippen LogP contribution in [-0.2, 0) is 4.79 Å². The van der Waals surface area contributed by atoms with Crippen LogP contribution < -0.4 is 10.6 Å². The van der Waals surface area contributed by atoms with Crippen LogP contribution in [0.5, 0.6) is 0 Å². The molecule has 2 N–H and O–H groups in total.